The predicted octanol–water partition coefficient (Wildman–Crippen LogP) is 3.05. The molecule has 0 saturated heterocycles. The van der Waals surface area contributed by atoms with E-state index in [0.29, 0.717) is 0 Å². The zero-order valence-electron chi connectivity index (χ0n) is 9.62. The molecule has 0 N–H and O–H groups in total. The van der Waals surface area contributed by atoms with Gasteiger partial charge in [0.05, 0.1) is 0 Å². The number of carbonyl (C=O) groups is 1. The van der Waals surface area contributed by atoms with Crippen molar-refractivity contribution >= 4 is 5.78 Å². The summed E-state index contributed by atoms with van der Waals surface area (Å²) in [5, 5.41) is 0. The lowest BCUT2D eigenvalue weighted by molar-refractivity contribution is -0.109. The van der Waals surface area contributed by atoms with Crippen LogP contribution in [0.1, 0.15) is 26.2 Å². The Morgan fingerprint density at radius 2 is 2.12 bits per heavy atom. The van der Waals surface area contributed by atoms with Crippen molar-refractivity contribution in [2.75, 3.05) is 0 Å². The highest BCUT2D eigenvalue weighted by atomic mass is 16.1. The molecule has 0 saturated carbocycles. The second-order valence-corrected chi connectivity index (χ2v) is 3.02. The Morgan fingerprint density at radius 3 is 2.81 bits per heavy atom. The first-order chi connectivity index (χ1) is 7.81. The summed E-state index contributed by atoms with van der Waals surface area (Å²) in [4.78, 5) is 10.7. The minimum Gasteiger partial charge on any atom is -0.280 e. The van der Waals surface area contributed by atoms with Gasteiger partial charge in [0.15, 0.2) is 0 Å². The van der Waals surface area contributed by atoms with E-state index in [2.05, 4.69) is 43.3 Å². The van der Waals surface area contributed by atoms with Crippen LogP contribution in [-0.2, 0) is 4.79 Å². The van der Waals surface area contributed by atoms with Crippen LogP contribution >= 0.6 is 0 Å². The lowest BCUT2D eigenvalue weighted by atomic mass is 10.2. The van der Waals surface area contributed by atoms with Crippen LogP contribution in [0.4, 0.5) is 0 Å². The van der Waals surface area contributed by atoms with Crippen LogP contribution in [0.25, 0.3) is 0 Å². The van der Waals surface area contributed by atoms with E-state index in [0.717, 1.165) is 6.42 Å². The van der Waals surface area contributed by atoms with Gasteiger partial charge < -0.3 is 0 Å². The van der Waals surface area contributed by atoms with Crippen LogP contribution in [0.5, 0.6) is 0 Å². The first-order valence-electron chi connectivity index (χ1n) is 5.31. The lowest BCUT2D eigenvalue weighted by Gasteiger charge is -1.84. The van der Waals surface area contributed by atoms with E-state index in [4.69, 9.17) is 0 Å². The summed E-state index contributed by atoms with van der Waals surface area (Å²) in [5.41, 5.74) is 0. The van der Waals surface area contributed by atoms with Crippen molar-refractivity contribution in [3.8, 4) is 23.7 Å². The molecule has 0 aliphatic heterocycles. The summed E-state index contributed by atoms with van der Waals surface area (Å²) in [5.74, 6) is 9.72. The molecule has 0 bridgehead atoms. The molecule has 0 atom stereocenters. The van der Waals surface area contributed by atoms with Crippen LogP contribution in [0.2, 0.25) is 0 Å². The van der Waals surface area contributed by atoms with Gasteiger partial charge >= 0.3 is 0 Å². The number of ketones is 1. The van der Waals surface area contributed by atoms with Crippen molar-refractivity contribution in [1.82, 2.24) is 0 Å². The van der Waals surface area contributed by atoms with Gasteiger partial charge in [0.25, 0.3) is 0 Å². The van der Waals surface area contributed by atoms with E-state index in [-0.39, 0.29) is 5.78 Å². The minimum atomic E-state index is -0.308. The molecule has 0 rings (SSSR count). The smallest absolute Gasteiger partial charge is 0.229 e. The summed E-state index contributed by atoms with van der Waals surface area (Å²) in [6.45, 7) is 5.47. The monoisotopic (exact) mass is 212 g/mol. The van der Waals surface area contributed by atoms with Gasteiger partial charge in [0, 0.05) is 0 Å². The fraction of sp³-hybridized carbons (Fsp3) is 0.267. The first-order valence-corrected chi connectivity index (χ1v) is 5.31. The maximum atomic E-state index is 10.7. The van der Waals surface area contributed by atoms with Crippen LogP contribution in [0.3, 0.4) is 0 Å². The molecule has 0 radical (unpaired) electrons. The van der Waals surface area contributed by atoms with Crippen molar-refractivity contribution in [3.63, 3.8) is 0 Å². The van der Waals surface area contributed by atoms with Crippen LogP contribution in [-0.4, -0.2) is 5.78 Å². The van der Waals surface area contributed by atoms with E-state index in [1.54, 1.807) is 6.08 Å². The molecule has 0 aromatic carbocycles. The molecule has 0 unspecified atom stereocenters. The van der Waals surface area contributed by atoms with E-state index in [1.165, 1.54) is 18.9 Å². The quantitative estimate of drug-likeness (QED) is 0.225. The molecule has 82 valence electrons. The van der Waals surface area contributed by atoms with Crippen molar-refractivity contribution in [1.29, 1.82) is 0 Å². The molecular weight excluding hydrogens is 196 g/mol. The average molecular weight is 212 g/mol. The van der Waals surface area contributed by atoms with E-state index < -0.39 is 0 Å². The van der Waals surface area contributed by atoms with Crippen molar-refractivity contribution < 1.29 is 4.79 Å². The SMILES string of the molecule is C=CC(=O)C#CC#C/C=C/C=C/CCCC. The van der Waals surface area contributed by atoms with Crippen LogP contribution in [0, 0.1) is 23.7 Å². The molecule has 0 aromatic heterocycles. The lowest BCUT2D eigenvalue weighted by Crippen LogP contribution is -1.81. The Morgan fingerprint density at radius 1 is 1.31 bits per heavy atom. The third-order valence-corrected chi connectivity index (χ3v) is 1.66. The Labute approximate surface area is 97.9 Å². The molecule has 0 amide bonds. The number of carbonyl (C=O) groups excluding carboxylic acids is 1. The summed E-state index contributed by atoms with van der Waals surface area (Å²) < 4.78 is 0. The zero-order chi connectivity index (χ0) is 12.1. The maximum absolute atomic E-state index is 10.7. The largest absolute Gasteiger partial charge is 0.280 e. The standard InChI is InChI=1S/C15H16O/c1-3-5-6-7-8-9-10-11-12-13-14-15(16)4-2/h4,7-10H,2-3,5-6H2,1H3/b8-7+,10-9+. The summed E-state index contributed by atoms with van der Waals surface area (Å²) in [7, 11) is 0. The molecular formula is C15H16O. The van der Waals surface area contributed by atoms with Crippen LogP contribution in [0.15, 0.2) is 37.0 Å². The topological polar surface area (TPSA) is 17.1 Å². The normalized spacial score (nSPS) is 9.31. The van der Waals surface area contributed by atoms with Gasteiger partial charge in [0.1, 0.15) is 0 Å². The Hall–Kier alpha value is -1.99. The maximum Gasteiger partial charge on any atom is 0.229 e. The number of allylic oxidation sites excluding steroid dienone is 5. The highest BCUT2D eigenvalue weighted by Crippen LogP contribution is 1.94. The third-order valence-electron chi connectivity index (χ3n) is 1.66. The van der Waals surface area contributed by atoms with Crippen molar-refractivity contribution in [2.24, 2.45) is 0 Å². The molecule has 1 heteroatoms. The number of hydrogen-bond acceptors (Lipinski definition) is 1. The minimum absolute atomic E-state index is 0.308. The van der Waals surface area contributed by atoms with Gasteiger partial charge in [-0.2, -0.15) is 0 Å². The van der Waals surface area contributed by atoms with E-state index >= 15 is 0 Å². The zero-order valence-corrected chi connectivity index (χ0v) is 9.62. The first kappa shape index (κ1) is 14.0. The van der Waals surface area contributed by atoms with Crippen molar-refractivity contribution in [3.05, 3.63) is 37.0 Å². The van der Waals surface area contributed by atoms with Gasteiger partial charge in [0.2, 0.25) is 5.78 Å². The molecule has 0 heterocycles. The van der Waals surface area contributed by atoms with Gasteiger partial charge in [-0.15, -0.1) is 0 Å². The fourth-order valence-electron chi connectivity index (χ4n) is 0.822. The highest BCUT2D eigenvalue weighted by Gasteiger charge is 1.79. The Bertz CT molecular complexity index is 389. The molecule has 0 aliphatic carbocycles. The average Bonchev–Trinajstić information content (AvgIpc) is 2.31. The molecule has 1 nitrogen and oxygen atoms in total. The fourth-order valence-corrected chi connectivity index (χ4v) is 0.822. The van der Waals surface area contributed by atoms with E-state index in [1.807, 2.05) is 12.2 Å². The van der Waals surface area contributed by atoms with Crippen molar-refractivity contribution in [2.45, 2.75) is 26.2 Å². The highest BCUT2D eigenvalue weighted by molar-refractivity contribution is 6.04. The van der Waals surface area contributed by atoms with Crippen LogP contribution < -0.4 is 0 Å². The molecule has 16 heavy (non-hydrogen) atoms. The third kappa shape index (κ3) is 10.1. The van der Waals surface area contributed by atoms with Gasteiger partial charge in [-0.25, -0.2) is 0 Å². The second kappa shape index (κ2) is 11.1. The second-order valence-electron chi connectivity index (χ2n) is 3.02. The summed E-state index contributed by atoms with van der Waals surface area (Å²) in [6.07, 6.45) is 12.3. The number of hydrogen-bond donors (Lipinski definition) is 0. The predicted molar refractivity (Wildman–Crippen MR) is 68.6 cm³/mol. The van der Waals surface area contributed by atoms with Gasteiger partial charge in [-0.1, -0.05) is 50.5 Å². The Kier molecular flexibility index (Phi) is 9.71. The van der Waals surface area contributed by atoms with E-state index in [9.17, 15) is 4.79 Å². The molecule has 0 spiro atoms. The Balaban J connectivity index is 3.86. The number of unbranched alkanes of at least 4 members (excludes halogenated alkanes) is 2. The molecule has 0 fully saturated rings. The van der Waals surface area contributed by atoms with Gasteiger partial charge in [-0.3, -0.25) is 4.79 Å². The summed E-state index contributed by atoms with van der Waals surface area (Å²) >= 11 is 0. The summed E-state index contributed by atoms with van der Waals surface area (Å²) in [6, 6.07) is 0. The number of rotatable bonds is 5. The molecule has 0 aromatic rings. The van der Waals surface area contributed by atoms with Gasteiger partial charge in [-0.05, 0) is 36.3 Å². The molecule has 0 aliphatic rings.